The SMILES string of the molecule is Fc1ccc(OCCOc2cccc(-n3cnnn3)c2)cc1. The average molecular weight is 300 g/mol. The van der Waals surface area contributed by atoms with E-state index >= 15 is 0 Å². The van der Waals surface area contributed by atoms with E-state index in [0.29, 0.717) is 24.7 Å². The van der Waals surface area contributed by atoms with Crippen LogP contribution in [0.2, 0.25) is 0 Å². The van der Waals surface area contributed by atoms with Crippen molar-refractivity contribution in [2.24, 2.45) is 0 Å². The maximum atomic E-state index is 12.8. The maximum absolute atomic E-state index is 12.8. The molecular formula is C15H13FN4O2. The third-order valence-corrected chi connectivity index (χ3v) is 2.87. The first-order valence-electron chi connectivity index (χ1n) is 6.66. The zero-order chi connectivity index (χ0) is 15.2. The zero-order valence-electron chi connectivity index (χ0n) is 11.6. The van der Waals surface area contributed by atoms with Gasteiger partial charge in [0.25, 0.3) is 0 Å². The van der Waals surface area contributed by atoms with Crippen LogP contribution in [0.25, 0.3) is 5.69 Å². The van der Waals surface area contributed by atoms with Gasteiger partial charge in [-0.25, -0.2) is 9.07 Å². The average Bonchev–Trinajstić information content (AvgIpc) is 3.08. The molecule has 112 valence electrons. The Bertz CT molecular complexity index is 717. The predicted octanol–water partition coefficient (Wildman–Crippen LogP) is 2.26. The van der Waals surface area contributed by atoms with Crippen LogP contribution >= 0.6 is 0 Å². The molecule has 0 aliphatic carbocycles. The number of benzene rings is 2. The lowest BCUT2D eigenvalue weighted by atomic mass is 10.3. The molecule has 0 spiro atoms. The summed E-state index contributed by atoms with van der Waals surface area (Å²) in [5.74, 6) is 1.01. The first kappa shape index (κ1) is 14.0. The first-order valence-corrected chi connectivity index (χ1v) is 6.66. The normalized spacial score (nSPS) is 10.4. The summed E-state index contributed by atoms with van der Waals surface area (Å²) in [7, 11) is 0. The summed E-state index contributed by atoms with van der Waals surface area (Å²) in [6, 6.07) is 13.3. The van der Waals surface area contributed by atoms with E-state index in [0.717, 1.165) is 5.69 Å². The van der Waals surface area contributed by atoms with E-state index in [1.807, 2.05) is 24.3 Å². The molecule has 0 amide bonds. The Morgan fingerprint density at radius 3 is 2.45 bits per heavy atom. The number of nitrogens with zero attached hydrogens (tertiary/aromatic N) is 4. The lowest BCUT2D eigenvalue weighted by Gasteiger charge is -2.09. The fourth-order valence-corrected chi connectivity index (χ4v) is 1.85. The second-order valence-corrected chi connectivity index (χ2v) is 4.40. The number of rotatable bonds is 6. The molecule has 3 rings (SSSR count). The third-order valence-electron chi connectivity index (χ3n) is 2.87. The topological polar surface area (TPSA) is 62.1 Å². The van der Waals surface area contributed by atoms with Gasteiger partial charge in [-0.05, 0) is 46.8 Å². The summed E-state index contributed by atoms with van der Waals surface area (Å²) < 4.78 is 25.4. The van der Waals surface area contributed by atoms with Crippen molar-refractivity contribution in [2.75, 3.05) is 13.2 Å². The Balaban J connectivity index is 1.51. The van der Waals surface area contributed by atoms with Gasteiger partial charge in [-0.1, -0.05) is 6.07 Å². The molecule has 0 fully saturated rings. The van der Waals surface area contributed by atoms with Crippen LogP contribution in [0, 0.1) is 5.82 Å². The largest absolute Gasteiger partial charge is 0.490 e. The molecule has 2 aromatic carbocycles. The van der Waals surface area contributed by atoms with Gasteiger partial charge in [0.15, 0.2) is 0 Å². The highest BCUT2D eigenvalue weighted by Crippen LogP contribution is 2.16. The zero-order valence-corrected chi connectivity index (χ0v) is 11.6. The van der Waals surface area contributed by atoms with Gasteiger partial charge in [-0.15, -0.1) is 5.10 Å². The Kier molecular flexibility index (Phi) is 4.24. The highest BCUT2D eigenvalue weighted by atomic mass is 19.1. The third kappa shape index (κ3) is 3.57. The quantitative estimate of drug-likeness (QED) is 0.653. The first-order chi connectivity index (χ1) is 10.8. The minimum absolute atomic E-state index is 0.289. The Morgan fingerprint density at radius 2 is 1.73 bits per heavy atom. The molecule has 0 bridgehead atoms. The molecule has 3 aromatic rings. The molecule has 1 aromatic heterocycles. The van der Waals surface area contributed by atoms with Crippen molar-refractivity contribution in [3.8, 4) is 17.2 Å². The Hall–Kier alpha value is -2.96. The van der Waals surface area contributed by atoms with Crippen LogP contribution in [0.1, 0.15) is 0 Å². The van der Waals surface area contributed by atoms with Crippen LogP contribution in [-0.4, -0.2) is 33.4 Å². The summed E-state index contributed by atoms with van der Waals surface area (Å²) in [6.45, 7) is 0.733. The molecular weight excluding hydrogens is 287 g/mol. The van der Waals surface area contributed by atoms with E-state index in [1.165, 1.54) is 18.5 Å². The molecule has 0 radical (unpaired) electrons. The maximum Gasteiger partial charge on any atom is 0.143 e. The smallest absolute Gasteiger partial charge is 0.143 e. The number of ether oxygens (including phenoxy) is 2. The number of hydrogen-bond donors (Lipinski definition) is 0. The predicted molar refractivity (Wildman–Crippen MR) is 76.5 cm³/mol. The molecule has 7 heteroatoms. The Labute approximate surface area is 126 Å². The van der Waals surface area contributed by atoms with Gasteiger partial charge in [0.2, 0.25) is 0 Å². The van der Waals surface area contributed by atoms with Gasteiger partial charge < -0.3 is 9.47 Å². The molecule has 0 unspecified atom stereocenters. The van der Waals surface area contributed by atoms with Crippen molar-refractivity contribution in [2.45, 2.75) is 0 Å². The standard InChI is InChI=1S/C15H13FN4O2/c16-12-4-6-14(7-5-12)21-8-9-22-15-3-1-2-13(10-15)20-11-17-18-19-20/h1-7,10-11H,8-9H2. The van der Waals surface area contributed by atoms with Gasteiger partial charge >= 0.3 is 0 Å². The lowest BCUT2D eigenvalue weighted by Crippen LogP contribution is -2.09. The molecule has 0 saturated heterocycles. The van der Waals surface area contributed by atoms with Crippen molar-refractivity contribution >= 4 is 0 Å². The minimum Gasteiger partial charge on any atom is -0.490 e. The van der Waals surface area contributed by atoms with Crippen molar-refractivity contribution in [3.05, 3.63) is 60.7 Å². The summed E-state index contributed by atoms with van der Waals surface area (Å²) in [5, 5.41) is 11.0. The summed E-state index contributed by atoms with van der Waals surface area (Å²) in [4.78, 5) is 0. The van der Waals surface area contributed by atoms with Gasteiger partial charge in [0, 0.05) is 6.07 Å². The van der Waals surface area contributed by atoms with E-state index < -0.39 is 0 Å². The van der Waals surface area contributed by atoms with Crippen molar-refractivity contribution in [3.63, 3.8) is 0 Å². The number of aromatic nitrogens is 4. The van der Waals surface area contributed by atoms with Crippen LogP contribution in [0.4, 0.5) is 4.39 Å². The van der Waals surface area contributed by atoms with Crippen LogP contribution in [-0.2, 0) is 0 Å². The van der Waals surface area contributed by atoms with Gasteiger partial charge in [0.1, 0.15) is 36.9 Å². The van der Waals surface area contributed by atoms with Crippen LogP contribution in [0.15, 0.2) is 54.9 Å². The molecule has 1 heterocycles. The summed E-state index contributed by atoms with van der Waals surface area (Å²) in [6.07, 6.45) is 1.51. The van der Waals surface area contributed by atoms with E-state index in [1.54, 1.807) is 16.8 Å². The molecule has 0 saturated carbocycles. The van der Waals surface area contributed by atoms with Crippen molar-refractivity contribution in [1.29, 1.82) is 0 Å². The lowest BCUT2D eigenvalue weighted by molar-refractivity contribution is 0.217. The van der Waals surface area contributed by atoms with E-state index in [2.05, 4.69) is 15.5 Å². The number of tetrazole rings is 1. The molecule has 0 aliphatic rings. The van der Waals surface area contributed by atoms with Crippen LogP contribution in [0.3, 0.4) is 0 Å². The number of hydrogen-bond acceptors (Lipinski definition) is 5. The minimum atomic E-state index is -0.289. The second-order valence-electron chi connectivity index (χ2n) is 4.40. The molecule has 22 heavy (non-hydrogen) atoms. The molecule has 0 aliphatic heterocycles. The van der Waals surface area contributed by atoms with E-state index in [4.69, 9.17) is 9.47 Å². The monoisotopic (exact) mass is 300 g/mol. The van der Waals surface area contributed by atoms with Crippen LogP contribution in [0.5, 0.6) is 11.5 Å². The molecule has 0 N–H and O–H groups in total. The van der Waals surface area contributed by atoms with Gasteiger partial charge in [-0.2, -0.15) is 0 Å². The molecule has 0 atom stereocenters. The van der Waals surface area contributed by atoms with Gasteiger partial charge in [-0.3, -0.25) is 0 Å². The van der Waals surface area contributed by atoms with E-state index in [-0.39, 0.29) is 5.82 Å². The highest BCUT2D eigenvalue weighted by Gasteiger charge is 2.01. The number of halogens is 1. The Morgan fingerprint density at radius 1 is 0.955 bits per heavy atom. The fraction of sp³-hybridized carbons (Fsp3) is 0.133. The van der Waals surface area contributed by atoms with Crippen LogP contribution < -0.4 is 9.47 Å². The fourth-order valence-electron chi connectivity index (χ4n) is 1.85. The summed E-state index contributed by atoms with van der Waals surface area (Å²) in [5.41, 5.74) is 0.807. The van der Waals surface area contributed by atoms with E-state index in [9.17, 15) is 4.39 Å². The highest BCUT2D eigenvalue weighted by molar-refractivity contribution is 5.37. The van der Waals surface area contributed by atoms with Crippen molar-refractivity contribution < 1.29 is 13.9 Å². The molecule has 6 nitrogen and oxygen atoms in total. The van der Waals surface area contributed by atoms with Crippen molar-refractivity contribution in [1.82, 2.24) is 20.2 Å². The summed E-state index contributed by atoms with van der Waals surface area (Å²) >= 11 is 0. The van der Waals surface area contributed by atoms with Gasteiger partial charge in [0.05, 0.1) is 5.69 Å². The second kappa shape index (κ2) is 6.66.